The van der Waals surface area contributed by atoms with Crippen molar-refractivity contribution in [3.63, 3.8) is 0 Å². The number of hydrogen-bond acceptors (Lipinski definition) is 4. The van der Waals surface area contributed by atoms with Crippen molar-refractivity contribution in [2.75, 3.05) is 45.4 Å². The largest absolute Gasteiger partial charge is 0.380 e. The molecule has 2 aliphatic rings. The van der Waals surface area contributed by atoms with Crippen LogP contribution >= 0.6 is 11.8 Å². The average Bonchev–Trinajstić information content (AvgIpc) is 2.78. The van der Waals surface area contributed by atoms with E-state index in [1.165, 1.54) is 30.8 Å². The summed E-state index contributed by atoms with van der Waals surface area (Å²) >= 11 is 2.08. The van der Waals surface area contributed by atoms with Crippen molar-refractivity contribution in [2.45, 2.75) is 30.8 Å². The highest BCUT2D eigenvalue weighted by molar-refractivity contribution is 7.99. The number of nitrogens with zero attached hydrogens (tertiary/aromatic N) is 1. The van der Waals surface area contributed by atoms with Crippen molar-refractivity contribution in [3.05, 3.63) is 0 Å². The lowest BCUT2D eigenvalue weighted by Crippen LogP contribution is -2.54. The summed E-state index contributed by atoms with van der Waals surface area (Å²) in [4.78, 5) is 2.41. The van der Waals surface area contributed by atoms with E-state index in [0.29, 0.717) is 11.6 Å². The van der Waals surface area contributed by atoms with Crippen LogP contribution in [0.3, 0.4) is 0 Å². The SMILES string of the molecule is CN(C)C1(CNC2CCCOC2)CCSC1. The molecule has 16 heavy (non-hydrogen) atoms. The van der Waals surface area contributed by atoms with Gasteiger partial charge in [-0.25, -0.2) is 0 Å². The predicted octanol–water partition coefficient (Wildman–Crippen LogP) is 1.19. The molecule has 94 valence electrons. The molecular formula is C12H24N2OS. The van der Waals surface area contributed by atoms with Gasteiger partial charge < -0.3 is 15.0 Å². The molecule has 3 nitrogen and oxygen atoms in total. The highest BCUT2D eigenvalue weighted by Crippen LogP contribution is 2.31. The molecule has 4 heteroatoms. The molecule has 0 saturated carbocycles. The monoisotopic (exact) mass is 244 g/mol. The zero-order chi connectivity index (χ0) is 11.4. The van der Waals surface area contributed by atoms with E-state index in [4.69, 9.17) is 4.74 Å². The van der Waals surface area contributed by atoms with E-state index in [1.807, 2.05) is 0 Å². The smallest absolute Gasteiger partial charge is 0.0619 e. The van der Waals surface area contributed by atoms with Crippen molar-refractivity contribution in [1.82, 2.24) is 10.2 Å². The van der Waals surface area contributed by atoms with Gasteiger partial charge in [-0.1, -0.05) is 0 Å². The highest BCUT2D eigenvalue weighted by Gasteiger charge is 2.36. The van der Waals surface area contributed by atoms with Crippen LogP contribution in [0, 0.1) is 0 Å². The molecule has 0 aliphatic carbocycles. The summed E-state index contributed by atoms with van der Waals surface area (Å²) in [6.45, 7) is 2.96. The Bertz CT molecular complexity index is 211. The third-order valence-electron chi connectivity index (χ3n) is 3.91. The Morgan fingerprint density at radius 3 is 2.94 bits per heavy atom. The molecule has 0 spiro atoms. The van der Waals surface area contributed by atoms with Crippen LogP contribution in [0.4, 0.5) is 0 Å². The first-order valence-corrected chi connectivity index (χ1v) is 7.45. The van der Waals surface area contributed by atoms with Crippen molar-refractivity contribution < 1.29 is 4.74 Å². The van der Waals surface area contributed by atoms with Gasteiger partial charge in [-0.15, -0.1) is 0 Å². The summed E-state index contributed by atoms with van der Waals surface area (Å²) in [5.41, 5.74) is 0.377. The summed E-state index contributed by atoms with van der Waals surface area (Å²) in [7, 11) is 4.43. The molecule has 0 aromatic heterocycles. The standard InChI is InChI=1S/C12H24N2OS/c1-14(2)12(5-7-16-10-12)9-13-11-4-3-6-15-8-11/h11,13H,3-10H2,1-2H3. The second-order valence-electron chi connectivity index (χ2n) is 5.22. The van der Waals surface area contributed by atoms with E-state index < -0.39 is 0 Å². The summed E-state index contributed by atoms with van der Waals surface area (Å²) < 4.78 is 5.51. The van der Waals surface area contributed by atoms with Crippen LogP contribution in [0.25, 0.3) is 0 Å². The molecule has 2 fully saturated rings. The lowest BCUT2D eigenvalue weighted by Gasteiger charge is -2.37. The van der Waals surface area contributed by atoms with Crippen LogP contribution in [-0.2, 0) is 4.74 Å². The third kappa shape index (κ3) is 2.92. The maximum Gasteiger partial charge on any atom is 0.0619 e. The van der Waals surface area contributed by atoms with Gasteiger partial charge in [-0.05, 0) is 39.1 Å². The number of nitrogens with one attached hydrogen (secondary N) is 1. The molecule has 0 amide bonds. The quantitative estimate of drug-likeness (QED) is 0.803. The van der Waals surface area contributed by atoms with Crippen LogP contribution in [0.2, 0.25) is 0 Å². The van der Waals surface area contributed by atoms with Crippen molar-refractivity contribution in [2.24, 2.45) is 0 Å². The van der Waals surface area contributed by atoms with Gasteiger partial charge in [-0.3, -0.25) is 0 Å². The van der Waals surface area contributed by atoms with Gasteiger partial charge in [-0.2, -0.15) is 11.8 Å². The Balaban J connectivity index is 1.81. The van der Waals surface area contributed by atoms with Crippen LogP contribution < -0.4 is 5.32 Å². The minimum Gasteiger partial charge on any atom is -0.380 e. The zero-order valence-corrected chi connectivity index (χ0v) is 11.3. The third-order valence-corrected chi connectivity index (χ3v) is 5.15. The number of hydrogen-bond donors (Lipinski definition) is 1. The lowest BCUT2D eigenvalue weighted by atomic mass is 9.96. The molecule has 1 N–H and O–H groups in total. The highest BCUT2D eigenvalue weighted by atomic mass is 32.2. The minimum atomic E-state index is 0.377. The molecule has 0 aromatic rings. The summed E-state index contributed by atoms with van der Waals surface area (Å²) in [6, 6.07) is 0.580. The molecule has 2 saturated heterocycles. The van der Waals surface area contributed by atoms with Crippen molar-refractivity contribution in [1.29, 1.82) is 0 Å². The first-order chi connectivity index (χ1) is 7.73. The zero-order valence-electron chi connectivity index (χ0n) is 10.5. The topological polar surface area (TPSA) is 24.5 Å². The number of ether oxygens (including phenoxy) is 1. The van der Waals surface area contributed by atoms with Crippen molar-refractivity contribution in [3.8, 4) is 0 Å². The Morgan fingerprint density at radius 2 is 2.38 bits per heavy atom. The van der Waals surface area contributed by atoms with Gasteiger partial charge in [0.05, 0.1) is 6.61 Å². The fourth-order valence-electron chi connectivity index (χ4n) is 2.48. The van der Waals surface area contributed by atoms with E-state index in [9.17, 15) is 0 Å². The van der Waals surface area contributed by atoms with E-state index >= 15 is 0 Å². The second-order valence-corrected chi connectivity index (χ2v) is 6.32. The van der Waals surface area contributed by atoms with E-state index in [1.54, 1.807) is 0 Å². The number of likely N-dealkylation sites (N-methyl/N-ethyl adjacent to an activating group) is 1. The maximum atomic E-state index is 5.51. The molecule has 2 atom stereocenters. The van der Waals surface area contributed by atoms with Crippen LogP contribution in [-0.4, -0.2) is 61.8 Å². The molecule has 2 unspecified atom stereocenters. The van der Waals surface area contributed by atoms with Gasteiger partial charge in [0.15, 0.2) is 0 Å². The molecule has 2 heterocycles. The molecule has 2 aliphatic heterocycles. The second kappa shape index (κ2) is 5.71. The predicted molar refractivity (Wildman–Crippen MR) is 70.2 cm³/mol. The van der Waals surface area contributed by atoms with E-state index in [0.717, 1.165) is 19.8 Å². The molecule has 0 bridgehead atoms. The molecule has 0 aromatic carbocycles. The average molecular weight is 244 g/mol. The van der Waals surface area contributed by atoms with Gasteiger partial charge in [0.1, 0.15) is 0 Å². The molecule has 0 radical (unpaired) electrons. The Hall–Kier alpha value is 0.230. The first-order valence-electron chi connectivity index (χ1n) is 6.29. The normalized spacial score (nSPS) is 35.8. The molecule has 2 rings (SSSR count). The van der Waals surface area contributed by atoms with Gasteiger partial charge in [0.25, 0.3) is 0 Å². The lowest BCUT2D eigenvalue weighted by molar-refractivity contribution is 0.0631. The van der Waals surface area contributed by atoms with E-state index in [2.05, 4.69) is 36.1 Å². The minimum absolute atomic E-state index is 0.377. The molecular weight excluding hydrogens is 220 g/mol. The summed E-state index contributed by atoms with van der Waals surface area (Å²) in [5.74, 6) is 2.57. The Kier molecular flexibility index (Phi) is 4.53. The van der Waals surface area contributed by atoms with Gasteiger partial charge in [0, 0.05) is 30.5 Å². The maximum absolute atomic E-state index is 5.51. The Labute approximate surface area is 103 Å². The van der Waals surface area contributed by atoms with Crippen LogP contribution in [0.15, 0.2) is 0 Å². The number of rotatable bonds is 4. The van der Waals surface area contributed by atoms with Crippen LogP contribution in [0.5, 0.6) is 0 Å². The fraction of sp³-hybridized carbons (Fsp3) is 1.00. The van der Waals surface area contributed by atoms with Crippen molar-refractivity contribution >= 4 is 11.8 Å². The first kappa shape index (κ1) is 12.7. The van der Waals surface area contributed by atoms with Crippen LogP contribution in [0.1, 0.15) is 19.3 Å². The van der Waals surface area contributed by atoms with E-state index in [-0.39, 0.29) is 0 Å². The number of thioether (sulfide) groups is 1. The summed E-state index contributed by atoms with van der Waals surface area (Å²) in [5, 5.41) is 3.71. The Morgan fingerprint density at radius 1 is 1.50 bits per heavy atom. The fourth-order valence-corrected chi connectivity index (χ4v) is 4.04. The van der Waals surface area contributed by atoms with Gasteiger partial charge in [0.2, 0.25) is 0 Å². The van der Waals surface area contributed by atoms with Gasteiger partial charge >= 0.3 is 0 Å². The summed E-state index contributed by atoms with van der Waals surface area (Å²) in [6.07, 6.45) is 3.79.